The van der Waals surface area contributed by atoms with Crippen LogP contribution in [0, 0.1) is 0 Å². The van der Waals surface area contributed by atoms with Crippen molar-refractivity contribution < 1.29 is 19.8 Å². The van der Waals surface area contributed by atoms with Crippen molar-refractivity contribution in [3.8, 4) is 0 Å². The summed E-state index contributed by atoms with van der Waals surface area (Å²) in [6.07, 6.45) is 0. The molecule has 0 aromatic heterocycles. The molecule has 0 atom stereocenters. The summed E-state index contributed by atoms with van der Waals surface area (Å²) in [6, 6.07) is 0. The standard InChI is InChI=1S/C6H2Cl2O4/c7-1-3(9)5(11)2(8)6(12)4(1)10/h9,12H/p-1. The van der Waals surface area contributed by atoms with Crippen LogP contribution in [-0.4, -0.2) is 16.7 Å². The smallest absolute Gasteiger partial charge is 0.239 e. The number of hydrogen-bond acceptors (Lipinski definition) is 4. The highest BCUT2D eigenvalue weighted by Crippen LogP contribution is 2.24. The van der Waals surface area contributed by atoms with Crippen LogP contribution < -0.4 is 5.11 Å². The molecule has 0 aromatic rings. The van der Waals surface area contributed by atoms with Crippen molar-refractivity contribution in [1.82, 2.24) is 0 Å². The number of Topliss-reactive ketones (excluding diaryl/α,β-unsaturated/α-hetero) is 2. The van der Waals surface area contributed by atoms with E-state index < -0.39 is 33.1 Å². The Labute approximate surface area is 76.7 Å². The van der Waals surface area contributed by atoms with Crippen molar-refractivity contribution in [2.75, 3.05) is 0 Å². The molecule has 4 nitrogen and oxygen atoms in total. The topological polar surface area (TPSA) is 77.4 Å². The van der Waals surface area contributed by atoms with Crippen LogP contribution in [0.1, 0.15) is 0 Å². The molecule has 0 amide bonds. The van der Waals surface area contributed by atoms with Gasteiger partial charge in [0.2, 0.25) is 5.78 Å². The lowest BCUT2D eigenvalue weighted by Crippen LogP contribution is -2.26. The SMILES string of the molecule is O=C1C(O)=C(Cl)C(=O)C([O-])=C1Cl. The van der Waals surface area contributed by atoms with Crippen LogP contribution in [0.5, 0.6) is 0 Å². The first kappa shape index (κ1) is 9.09. The normalized spacial score (nSPS) is 19.2. The van der Waals surface area contributed by atoms with Gasteiger partial charge in [-0.25, -0.2) is 0 Å². The van der Waals surface area contributed by atoms with E-state index in [1.165, 1.54) is 0 Å². The van der Waals surface area contributed by atoms with Crippen molar-refractivity contribution in [1.29, 1.82) is 0 Å². The summed E-state index contributed by atoms with van der Waals surface area (Å²) < 4.78 is 0. The number of hydrogen-bond donors (Lipinski definition) is 1. The number of aliphatic hydroxyl groups is 1. The van der Waals surface area contributed by atoms with E-state index >= 15 is 0 Å². The van der Waals surface area contributed by atoms with Gasteiger partial charge in [0.25, 0.3) is 0 Å². The van der Waals surface area contributed by atoms with Gasteiger partial charge in [0.05, 0.1) is 5.03 Å². The highest BCUT2D eigenvalue weighted by atomic mass is 35.5. The van der Waals surface area contributed by atoms with Crippen LogP contribution in [0.2, 0.25) is 0 Å². The van der Waals surface area contributed by atoms with Gasteiger partial charge in [-0.3, -0.25) is 9.59 Å². The molecule has 1 aliphatic carbocycles. The molecule has 0 aromatic carbocycles. The molecule has 0 fully saturated rings. The zero-order chi connectivity index (χ0) is 9.46. The van der Waals surface area contributed by atoms with Crippen LogP contribution in [0.3, 0.4) is 0 Å². The Kier molecular flexibility index (Phi) is 2.12. The lowest BCUT2D eigenvalue weighted by Gasteiger charge is -2.17. The monoisotopic (exact) mass is 207 g/mol. The number of aliphatic hydroxyl groups excluding tert-OH is 1. The van der Waals surface area contributed by atoms with Crippen LogP contribution in [0.4, 0.5) is 0 Å². The molecule has 64 valence electrons. The van der Waals surface area contributed by atoms with Gasteiger partial charge in [-0.1, -0.05) is 23.2 Å². The lowest BCUT2D eigenvalue weighted by molar-refractivity contribution is -0.298. The molecule has 1 aliphatic rings. The van der Waals surface area contributed by atoms with Crippen molar-refractivity contribution in [2.24, 2.45) is 0 Å². The van der Waals surface area contributed by atoms with Gasteiger partial charge in [0, 0.05) is 0 Å². The number of carbonyl (C=O) groups is 2. The summed E-state index contributed by atoms with van der Waals surface area (Å²) in [5.41, 5.74) is 0. The number of carbonyl (C=O) groups excluding carboxylic acids is 2. The van der Waals surface area contributed by atoms with E-state index in [9.17, 15) is 14.7 Å². The van der Waals surface area contributed by atoms with E-state index in [4.69, 9.17) is 28.3 Å². The van der Waals surface area contributed by atoms with Gasteiger partial charge in [-0.05, 0) is 5.76 Å². The average molecular weight is 208 g/mol. The minimum absolute atomic E-state index is 0.783. The van der Waals surface area contributed by atoms with E-state index in [2.05, 4.69) is 0 Å². The molecule has 0 aliphatic heterocycles. The van der Waals surface area contributed by atoms with Crippen molar-refractivity contribution in [3.05, 3.63) is 21.6 Å². The van der Waals surface area contributed by atoms with E-state index in [1.54, 1.807) is 0 Å². The quantitative estimate of drug-likeness (QED) is 0.566. The summed E-state index contributed by atoms with van der Waals surface area (Å²) in [7, 11) is 0. The third kappa shape index (κ3) is 1.09. The number of allylic oxidation sites excluding steroid dienone is 2. The fraction of sp³-hybridized carbons (Fsp3) is 0. The summed E-state index contributed by atoms with van der Waals surface area (Å²) in [5, 5.41) is 17.9. The predicted octanol–water partition coefficient (Wildman–Crippen LogP) is -0.0427. The maximum Gasteiger partial charge on any atom is 0.239 e. The molecule has 12 heavy (non-hydrogen) atoms. The minimum Gasteiger partial charge on any atom is -0.869 e. The molecule has 0 heterocycles. The number of ketones is 2. The summed E-state index contributed by atoms with van der Waals surface area (Å²) in [4.78, 5) is 21.5. The molecular formula is C6HCl2O4-. The second kappa shape index (κ2) is 2.80. The Morgan fingerprint density at radius 1 is 1.08 bits per heavy atom. The van der Waals surface area contributed by atoms with Gasteiger partial charge in [-0.15, -0.1) is 0 Å². The number of rotatable bonds is 0. The average Bonchev–Trinajstić information content (AvgIpc) is 2.08. The van der Waals surface area contributed by atoms with Gasteiger partial charge in [-0.2, -0.15) is 0 Å². The number of halogens is 2. The van der Waals surface area contributed by atoms with Crippen molar-refractivity contribution in [2.45, 2.75) is 0 Å². The van der Waals surface area contributed by atoms with Crippen LogP contribution in [0.25, 0.3) is 0 Å². The summed E-state index contributed by atoms with van der Waals surface area (Å²) >= 11 is 10.3. The van der Waals surface area contributed by atoms with Gasteiger partial charge in [0.15, 0.2) is 11.5 Å². The van der Waals surface area contributed by atoms with Gasteiger partial charge < -0.3 is 10.2 Å². The highest BCUT2D eigenvalue weighted by Gasteiger charge is 2.28. The fourth-order valence-corrected chi connectivity index (χ4v) is 0.961. The van der Waals surface area contributed by atoms with Crippen LogP contribution >= 0.6 is 23.2 Å². The largest absolute Gasteiger partial charge is 0.869 e. The maximum absolute atomic E-state index is 10.8. The Morgan fingerprint density at radius 3 is 2.08 bits per heavy atom. The first-order valence-electron chi connectivity index (χ1n) is 2.71. The molecule has 0 saturated carbocycles. The Morgan fingerprint density at radius 2 is 1.58 bits per heavy atom. The molecule has 0 bridgehead atoms. The van der Waals surface area contributed by atoms with Gasteiger partial charge >= 0.3 is 0 Å². The second-order valence-electron chi connectivity index (χ2n) is 1.96. The Bertz CT molecular complexity index is 277. The first-order chi connectivity index (χ1) is 5.46. The molecule has 6 heteroatoms. The molecule has 0 unspecified atom stereocenters. The van der Waals surface area contributed by atoms with Crippen LogP contribution in [0.15, 0.2) is 21.6 Å². The predicted molar refractivity (Wildman–Crippen MR) is 38.4 cm³/mol. The zero-order valence-electron chi connectivity index (χ0n) is 5.43. The maximum atomic E-state index is 10.8. The summed E-state index contributed by atoms with van der Waals surface area (Å²) in [5.74, 6) is -4.46. The first-order valence-corrected chi connectivity index (χ1v) is 3.47. The lowest BCUT2D eigenvalue weighted by atomic mass is 10.1. The van der Waals surface area contributed by atoms with Crippen molar-refractivity contribution >= 4 is 34.8 Å². The van der Waals surface area contributed by atoms with Crippen molar-refractivity contribution in [3.63, 3.8) is 0 Å². The van der Waals surface area contributed by atoms with E-state index in [0.29, 0.717) is 0 Å². The molecule has 0 saturated heterocycles. The zero-order valence-corrected chi connectivity index (χ0v) is 6.94. The second-order valence-corrected chi connectivity index (χ2v) is 2.72. The Balaban J connectivity index is 3.32. The molecular weight excluding hydrogens is 207 g/mol. The van der Waals surface area contributed by atoms with E-state index in [0.717, 1.165) is 0 Å². The van der Waals surface area contributed by atoms with Gasteiger partial charge in [0.1, 0.15) is 5.03 Å². The minimum atomic E-state index is -1.19. The van der Waals surface area contributed by atoms with E-state index in [-0.39, 0.29) is 0 Å². The molecule has 1 rings (SSSR count). The fourth-order valence-electron chi connectivity index (χ4n) is 0.614. The van der Waals surface area contributed by atoms with E-state index in [1.807, 2.05) is 0 Å². The summed E-state index contributed by atoms with van der Waals surface area (Å²) in [6.45, 7) is 0. The highest BCUT2D eigenvalue weighted by molar-refractivity contribution is 6.55. The van der Waals surface area contributed by atoms with Crippen LogP contribution in [-0.2, 0) is 9.59 Å². The Hall–Kier alpha value is -1.00. The third-order valence-corrected chi connectivity index (χ3v) is 1.92. The molecule has 1 N–H and O–H groups in total. The third-order valence-electron chi connectivity index (χ3n) is 1.23. The molecule has 0 radical (unpaired) electrons. The molecule has 0 spiro atoms.